The Morgan fingerprint density at radius 3 is 2.71 bits per heavy atom. The van der Waals surface area contributed by atoms with Crippen LogP contribution in [-0.2, 0) is 9.13 Å². The second-order valence-electron chi connectivity index (χ2n) is 2.50. The number of aromatic nitrogens is 1. The van der Waals surface area contributed by atoms with E-state index >= 15 is 0 Å². The minimum absolute atomic E-state index is 0.296. The summed E-state index contributed by atoms with van der Waals surface area (Å²) in [7, 11) is -4.91. The molecule has 0 spiro atoms. The molecule has 0 aromatic carbocycles. The molecule has 14 heavy (non-hydrogen) atoms. The first-order valence-corrected chi connectivity index (χ1v) is 6.08. The van der Waals surface area contributed by atoms with Crippen LogP contribution in [0.4, 0.5) is 0 Å². The van der Waals surface area contributed by atoms with Crippen LogP contribution in [0.1, 0.15) is 11.2 Å². The summed E-state index contributed by atoms with van der Waals surface area (Å²) < 4.78 is 21.2. The van der Waals surface area contributed by atoms with E-state index in [1.807, 2.05) is 0 Å². The van der Waals surface area contributed by atoms with Crippen LogP contribution in [0, 0.1) is 5.63 Å². The van der Waals surface area contributed by atoms with Gasteiger partial charge in [-0.05, 0) is 0 Å². The molecule has 0 amide bonds. The van der Waals surface area contributed by atoms with Crippen molar-refractivity contribution >= 4 is 15.5 Å². The third-order valence-corrected chi connectivity index (χ3v) is 3.18. The van der Waals surface area contributed by atoms with E-state index in [4.69, 9.17) is 9.79 Å². The van der Waals surface area contributed by atoms with Crippen molar-refractivity contribution in [1.29, 1.82) is 0 Å². The Bertz CT molecular complexity index is 449. The van der Waals surface area contributed by atoms with Crippen molar-refractivity contribution in [2.75, 3.05) is 0 Å². The molecule has 0 bridgehead atoms. The second kappa shape index (κ2) is 4.70. The van der Waals surface area contributed by atoms with Crippen molar-refractivity contribution in [3.63, 3.8) is 0 Å². The maximum absolute atomic E-state index is 11.0. The molecule has 1 atom stereocenters. The molecule has 0 saturated heterocycles. The van der Waals surface area contributed by atoms with Gasteiger partial charge in [0, 0.05) is 0 Å². The molecule has 0 aliphatic rings. The molecular formula is C7H7NO4P2. The van der Waals surface area contributed by atoms with Gasteiger partial charge in [0.2, 0.25) is 0 Å². The molecule has 0 aliphatic heterocycles. The first-order valence-electron chi connectivity index (χ1n) is 3.58. The molecule has 1 rings (SSSR count). The molecule has 1 unspecified atom stereocenters. The SMILES string of the molecule is O=P#CC(c1cccnc1)P(=O)(O)O. The van der Waals surface area contributed by atoms with Crippen molar-refractivity contribution in [3.8, 4) is 5.63 Å². The van der Waals surface area contributed by atoms with Gasteiger partial charge in [-0.15, -0.1) is 0 Å². The number of hydrogen-bond acceptors (Lipinski definition) is 3. The van der Waals surface area contributed by atoms with E-state index in [2.05, 4.69) is 10.6 Å². The van der Waals surface area contributed by atoms with Gasteiger partial charge in [-0.2, -0.15) is 0 Å². The first kappa shape index (κ1) is 11.4. The van der Waals surface area contributed by atoms with Crippen molar-refractivity contribution in [2.24, 2.45) is 0 Å². The quantitative estimate of drug-likeness (QED) is 0.754. The fourth-order valence-corrected chi connectivity index (χ4v) is 2.46. The monoisotopic (exact) mass is 231 g/mol. The van der Waals surface area contributed by atoms with Crippen molar-refractivity contribution in [1.82, 2.24) is 4.98 Å². The van der Waals surface area contributed by atoms with Crippen LogP contribution in [0.3, 0.4) is 0 Å². The number of nitrogens with zero attached hydrogens (tertiary/aromatic N) is 1. The zero-order chi connectivity index (χ0) is 10.6. The van der Waals surface area contributed by atoms with Crippen LogP contribution in [0.5, 0.6) is 0 Å². The van der Waals surface area contributed by atoms with Gasteiger partial charge < -0.3 is 0 Å². The van der Waals surface area contributed by atoms with E-state index in [0.717, 1.165) is 0 Å². The van der Waals surface area contributed by atoms with Crippen molar-refractivity contribution in [3.05, 3.63) is 30.1 Å². The summed E-state index contributed by atoms with van der Waals surface area (Å²) >= 11 is 0. The van der Waals surface area contributed by atoms with E-state index in [1.54, 1.807) is 6.07 Å². The zero-order valence-electron chi connectivity index (χ0n) is 6.94. The molecule has 0 saturated carbocycles. The Labute approximate surface area is 81.5 Å². The summed E-state index contributed by atoms with van der Waals surface area (Å²) in [6.45, 7) is 0. The van der Waals surface area contributed by atoms with Gasteiger partial charge in [-0.25, -0.2) is 0 Å². The fourth-order valence-electron chi connectivity index (χ4n) is 0.932. The molecule has 0 aliphatic carbocycles. The average molecular weight is 231 g/mol. The van der Waals surface area contributed by atoms with Gasteiger partial charge in [0.05, 0.1) is 0 Å². The molecule has 2 N–H and O–H groups in total. The number of rotatable bonds is 2. The third kappa shape index (κ3) is 2.91. The Morgan fingerprint density at radius 2 is 2.29 bits per heavy atom. The van der Waals surface area contributed by atoms with Crippen LogP contribution >= 0.6 is 15.5 Å². The summed E-state index contributed by atoms with van der Waals surface area (Å²) in [5, 5.41) is 0. The molecule has 0 radical (unpaired) electrons. The Hall–Kier alpha value is -0.690. The van der Waals surface area contributed by atoms with E-state index in [-0.39, 0.29) is 0 Å². The summed E-state index contributed by atoms with van der Waals surface area (Å²) in [6, 6.07) is 3.04. The van der Waals surface area contributed by atoms with E-state index in [0.29, 0.717) is 5.56 Å². The Kier molecular flexibility index (Phi) is 3.82. The molecule has 5 nitrogen and oxygen atoms in total. The first-order chi connectivity index (χ1) is 6.55. The summed E-state index contributed by atoms with van der Waals surface area (Å²) in [5.74, 6) is 0. The molecule has 1 heterocycles. The zero-order valence-corrected chi connectivity index (χ0v) is 8.73. The van der Waals surface area contributed by atoms with Gasteiger partial charge >= 0.3 is 80.8 Å². The summed E-state index contributed by atoms with van der Waals surface area (Å²) in [6.07, 6.45) is 2.79. The average Bonchev–Trinajstić information content (AvgIpc) is 2.14. The van der Waals surface area contributed by atoms with Crippen molar-refractivity contribution < 1.29 is 18.9 Å². The van der Waals surface area contributed by atoms with Crippen LogP contribution in [0.2, 0.25) is 0 Å². The molecular weight excluding hydrogens is 224 g/mol. The predicted octanol–water partition coefficient (Wildman–Crippen LogP) is 1.55. The summed E-state index contributed by atoms with van der Waals surface area (Å²) in [4.78, 5) is 21.6. The van der Waals surface area contributed by atoms with Gasteiger partial charge in [0.1, 0.15) is 0 Å². The van der Waals surface area contributed by atoms with Crippen LogP contribution in [-0.4, -0.2) is 14.8 Å². The minimum atomic E-state index is -4.37. The fraction of sp³-hybridized carbons (Fsp3) is 0.143. The topological polar surface area (TPSA) is 87.5 Å². The molecule has 74 valence electrons. The predicted molar refractivity (Wildman–Crippen MR) is 50.5 cm³/mol. The van der Waals surface area contributed by atoms with E-state index < -0.39 is 21.2 Å². The molecule has 1 aromatic heterocycles. The number of pyridine rings is 1. The maximum atomic E-state index is 11.0. The molecule has 0 fully saturated rings. The van der Waals surface area contributed by atoms with Gasteiger partial charge in [-0.1, -0.05) is 0 Å². The Morgan fingerprint density at radius 1 is 1.57 bits per heavy atom. The van der Waals surface area contributed by atoms with Crippen LogP contribution in [0.15, 0.2) is 24.5 Å². The normalized spacial score (nSPS) is 13.0. The molecule has 7 heteroatoms. The van der Waals surface area contributed by atoms with Gasteiger partial charge in [0.25, 0.3) is 0 Å². The van der Waals surface area contributed by atoms with Crippen LogP contribution < -0.4 is 0 Å². The van der Waals surface area contributed by atoms with E-state index in [9.17, 15) is 9.13 Å². The summed E-state index contributed by atoms with van der Waals surface area (Å²) in [5.41, 5.74) is 1.17. The van der Waals surface area contributed by atoms with Crippen molar-refractivity contribution in [2.45, 2.75) is 5.66 Å². The standard InChI is InChI=1S/C7H7NO4P2/c9-13-5-7(14(10,11)12)6-2-1-3-8-4-6/h1-4,7H,(H2,10,11,12). The third-order valence-electron chi connectivity index (χ3n) is 1.51. The molecule has 1 aromatic rings. The Balaban J connectivity index is 3.19. The van der Waals surface area contributed by atoms with E-state index in [1.165, 1.54) is 18.5 Å². The van der Waals surface area contributed by atoms with Gasteiger partial charge in [0.15, 0.2) is 0 Å². The number of hydrogen-bond donors (Lipinski definition) is 2. The van der Waals surface area contributed by atoms with Crippen LogP contribution in [0.25, 0.3) is 0 Å². The van der Waals surface area contributed by atoms with Gasteiger partial charge in [-0.3, -0.25) is 0 Å². The second-order valence-corrected chi connectivity index (χ2v) is 4.63.